The van der Waals surface area contributed by atoms with Gasteiger partial charge < -0.3 is 15.3 Å². The van der Waals surface area contributed by atoms with Crippen LogP contribution in [-0.2, 0) is 4.79 Å². The van der Waals surface area contributed by atoms with Crippen molar-refractivity contribution in [2.24, 2.45) is 11.8 Å². The Hall–Kier alpha value is -1.77. The van der Waals surface area contributed by atoms with Crippen LogP contribution < -0.4 is 5.32 Å². The van der Waals surface area contributed by atoms with E-state index in [1.54, 1.807) is 7.05 Å². The zero-order chi connectivity index (χ0) is 15.5. The maximum absolute atomic E-state index is 11.7. The summed E-state index contributed by atoms with van der Waals surface area (Å²) in [4.78, 5) is 23.8. The smallest absolute Gasteiger partial charge is 0.317 e. The number of carbonyl (C=O) groups is 2. The predicted octanol–water partition coefficient (Wildman–Crippen LogP) is 2.07. The van der Waals surface area contributed by atoms with Crippen molar-refractivity contribution in [2.45, 2.75) is 39.5 Å². The molecule has 2 amide bonds. The van der Waals surface area contributed by atoms with Gasteiger partial charge >= 0.3 is 12.0 Å². The molecule has 0 heterocycles. The topological polar surface area (TPSA) is 93.4 Å². The third kappa shape index (κ3) is 8.35. The number of nitriles is 1. The first-order chi connectivity index (χ1) is 9.38. The minimum absolute atomic E-state index is 0.166. The molecule has 0 aliphatic heterocycles. The lowest BCUT2D eigenvalue weighted by atomic mass is 9.88. The monoisotopic (exact) mass is 283 g/mol. The molecule has 0 bridgehead atoms. The zero-order valence-electron chi connectivity index (χ0n) is 12.6. The minimum Gasteiger partial charge on any atom is -0.481 e. The Morgan fingerprint density at radius 1 is 1.35 bits per heavy atom. The summed E-state index contributed by atoms with van der Waals surface area (Å²) in [5.41, 5.74) is 0. The van der Waals surface area contributed by atoms with Crippen LogP contribution in [0.15, 0.2) is 0 Å². The predicted molar refractivity (Wildman–Crippen MR) is 76.1 cm³/mol. The maximum Gasteiger partial charge on any atom is 0.317 e. The summed E-state index contributed by atoms with van der Waals surface area (Å²) in [5, 5.41) is 20.0. The number of amides is 2. The van der Waals surface area contributed by atoms with Gasteiger partial charge in [0.2, 0.25) is 0 Å². The molecule has 6 nitrogen and oxygen atoms in total. The van der Waals surface area contributed by atoms with Crippen molar-refractivity contribution in [2.75, 3.05) is 20.1 Å². The fraction of sp³-hybridized carbons (Fsp3) is 0.786. The SMILES string of the molecule is CC(C)C(CCNC(=O)N(C)CCC#N)CCC(=O)O. The fourth-order valence-electron chi connectivity index (χ4n) is 1.94. The van der Waals surface area contributed by atoms with Gasteiger partial charge in [-0.3, -0.25) is 4.79 Å². The highest BCUT2D eigenvalue weighted by Crippen LogP contribution is 2.20. The average Bonchev–Trinajstić information content (AvgIpc) is 2.38. The van der Waals surface area contributed by atoms with Crippen molar-refractivity contribution in [3.63, 3.8) is 0 Å². The van der Waals surface area contributed by atoms with E-state index < -0.39 is 5.97 Å². The van der Waals surface area contributed by atoms with E-state index in [4.69, 9.17) is 10.4 Å². The quantitative estimate of drug-likeness (QED) is 0.677. The molecule has 0 spiro atoms. The van der Waals surface area contributed by atoms with Crippen LogP contribution in [0.1, 0.15) is 39.5 Å². The third-order valence-electron chi connectivity index (χ3n) is 3.37. The number of hydrogen-bond donors (Lipinski definition) is 2. The molecule has 0 aliphatic rings. The van der Waals surface area contributed by atoms with E-state index in [1.165, 1.54) is 4.90 Å². The third-order valence-corrected chi connectivity index (χ3v) is 3.37. The van der Waals surface area contributed by atoms with Gasteiger partial charge in [0.05, 0.1) is 12.5 Å². The molecule has 1 atom stereocenters. The van der Waals surface area contributed by atoms with Crippen LogP contribution in [0.5, 0.6) is 0 Å². The van der Waals surface area contributed by atoms with Crippen molar-refractivity contribution >= 4 is 12.0 Å². The molecule has 0 aromatic rings. The molecule has 114 valence electrons. The summed E-state index contributed by atoms with van der Waals surface area (Å²) in [6.07, 6.45) is 1.88. The van der Waals surface area contributed by atoms with Gasteiger partial charge in [0.1, 0.15) is 0 Å². The molecule has 0 aliphatic carbocycles. The number of aliphatic carboxylic acids is 1. The van der Waals surface area contributed by atoms with E-state index in [0.29, 0.717) is 31.8 Å². The molecule has 6 heteroatoms. The first-order valence-electron chi connectivity index (χ1n) is 6.96. The molecule has 0 aromatic carbocycles. The molecular formula is C14H25N3O3. The van der Waals surface area contributed by atoms with Gasteiger partial charge in [-0.15, -0.1) is 0 Å². The number of nitrogens with one attached hydrogen (secondary N) is 1. The van der Waals surface area contributed by atoms with E-state index >= 15 is 0 Å². The van der Waals surface area contributed by atoms with E-state index in [9.17, 15) is 9.59 Å². The minimum atomic E-state index is -0.782. The molecule has 0 saturated heterocycles. The Labute approximate surface area is 120 Å². The second kappa shape index (κ2) is 10.1. The first kappa shape index (κ1) is 18.2. The van der Waals surface area contributed by atoms with Gasteiger partial charge in [0, 0.05) is 26.6 Å². The summed E-state index contributed by atoms with van der Waals surface area (Å²) >= 11 is 0. The maximum atomic E-state index is 11.7. The van der Waals surface area contributed by atoms with Gasteiger partial charge in [-0.1, -0.05) is 13.8 Å². The zero-order valence-corrected chi connectivity index (χ0v) is 12.6. The average molecular weight is 283 g/mol. The lowest BCUT2D eigenvalue weighted by molar-refractivity contribution is -0.137. The first-order valence-corrected chi connectivity index (χ1v) is 6.96. The number of carboxylic acid groups (broad SMARTS) is 1. The Balaban J connectivity index is 4.01. The molecule has 0 radical (unpaired) electrons. The molecule has 2 N–H and O–H groups in total. The summed E-state index contributed by atoms with van der Waals surface area (Å²) in [6, 6.07) is 1.80. The van der Waals surface area contributed by atoms with E-state index in [1.807, 2.05) is 6.07 Å². The van der Waals surface area contributed by atoms with Crippen molar-refractivity contribution in [1.82, 2.24) is 10.2 Å². The molecular weight excluding hydrogens is 258 g/mol. The van der Waals surface area contributed by atoms with E-state index in [0.717, 1.165) is 6.42 Å². The van der Waals surface area contributed by atoms with Gasteiger partial charge in [0.15, 0.2) is 0 Å². The van der Waals surface area contributed by atoms with Crippen LogP contribution in [0.25, 0.3) is 0 Å². The van der Waals surface area contributed by atoms with Crippen LogP contribution >= 0.6 is 0 Å². The molecule has 0 saturated carbocycles. The second-order valence-electron chi connectivity index (χ2n) is 5.29. The molecule has 0 fully saturated rings. The number of rotatable bonds is 9. The summed E-state index contributed by atoms with van der Waals surface area (Å²) in [6.45, 7) is 5.06. The lowest BCUT2D eigenvalue weighted by Gasteiger charge is -2.21. The van der Waals surface area contributed by atoms with Crippen molar-refractivity contribution in [1.29, 1.82) is 5.26 Å². The normalized spacial score (nSPS) is 11.8. The second-order valence-corrected chi connectivity index (χ2v) is 5.29. The highest BCUT2D eigenvalue weighted by molar-refractivity contribution is 5.73. The van der Waals surface area contributed by atoms with Crippen LogP contribution in [0.2, 0.25) is 0 Å². The van der Waals surface area contributed by atoms with Crippen molar-refractivity contribution in [3.05, 3.63) is 0 Å². The summed E-state index contributed by atoms with van der Waals surface area (Å²) in [7, 11) is 1.65. The lowest BCUT2D eigenvalue weighted by Crippen LogP contribution is -2.38. The van der Waals surface area contributed by atoms with Crippen molar-refractivity contribution < 1.29 is 14.7 Å². The Kier molecular flexibility index (Phi) is 9.18. The summed E-state index contributed by atoms with van der Waals surface area (Å²) < 4.78 is 0. The van der Waals surface area contributed by atoms with Crippen LogP contribution in [0.4, 0.5) is 4.79 Å². The number of carboxylic acids is 1. The number of hydrogen-bond acceptors (Lipinski definition) is 3. The van der Waals surface area contributed by atoms with Crippen LogP contribution in [0.3, 0.4) is 0 Å². The Morgan fingerprint density at radius 3 is 2.50 bits per heavy atom. The number of carbonyl (C=O) groups excluding carboxylic acids is 1. The Bertz CT molecular complexity index is 350. The highest BCUT2D eigenvalue weighted by atomic mass is 16.4. The number of nitrogens with zero attached hydrogens (tertiary/aromatic N) is 2. The Morgan fingerprint density at radius 2 is 2.00 bits per heavy atom. The van der Waals surface area contributed by atoms with E-state index in [2.05, 4.69) is 19.2 Å². The van der Waals surface area contributed by atoms with Gasteiger partial charge in [-0.2, -0.15) is 5.26 Å². The molecule has 0 rings (SSSR count). The largest absolute Gasteiger partial charge is 0.481 e. The van der Waals surface area contributed by atoms with Gasteiger partial charge in [0.25, 0.3) is 0 Å². The van der Waals surface area contributed by atoms with Crippen molar-refractivity contribution in [3.8, 4) is 6.07 Å². The fourth-order valence-corrected chi connectivity index (χ4v) is 1.94. The van der Waals surface area contributed by atoms with Crippen LogP contribution in [-0.4, -0.2) is 42.1 Å². The molecule has 1 unspecified atom stereocenters. The standard InChI is InChI=1S/C14H25N3O3/c1-11(2)12(5-6-13(18)19)7-9-16-14(20)17(3)10-4-8-15/h11-12H,4-7,9-10H2,1-3H3,(H,16,20)(H,18,19). The number of urea groups is 1. The van der Waals surface area contributed by atoms with Crippen LogP contribution in [0, 0.1) is 23.2 Å². The molecule has 0 aromatic heterocycles. The van der Waals surface area contributed by atoms with Gasteiger partial charge in [-0.05, 0) is 24.7 Å². The van der Waals surface area contributed by atoms with E-state index in [-0.39, 0.29) is 18.4 Å². The highest BCUT2D eigenvalue weighted by Gasteiger charge is 2.15. The summed E-state index contributed by atoms with van der Waals surface area (Å²) in [5.74, 6) is -0.102. The van der Waals surface area contributed by atoms with Gasteiger partial charge in [-0.25, -0.2) is 4.79 Å². The molecule has 20 heavy (non-hydrogen) atoms.